The van der Waals surface area contributed by atoms with Crippen molar-refractivity contribution in [3.8, 4) is 0 Å². The Kier molecular flexibility index (Phi) is 6.04. The third-order valence-electron chi connectivity index (χ3n) is 5.76. The van der Waals surface area contributed by atoms with E-state index in [4.69, 9.17) is 5.10 Å². The molecule has 1 unspecified atom stereocenters. The van der Waals surface area contributed by atoms with Gasteiger partial charge in [-0.2, -0.15) is 5.10 Å². The van der Waals surface area contributed by atoms with Gasteiger partial charge in [-0.25, -0.2) is 4.98 Å². The predicted octanol–water partition coefficient (Wildman–Crippen LogP) is 2.77. The summed E-state index contributed by atoms with van der Waals surface area (Å²) in [6, 6.07) is 2.34. The summed E-state index contributed by atoms with van der Waals surface area (Å²) in [5.74, 6) is 0.713. The Morgan fingerprint density at radius 2 is 2.11 bits per heavy atom. The number of likely N-dealkylation sites (tertiary alicyclic amines) is 1. The van der Waals surface area contributed by atoms with Gasteiger partial charge in [0, 0.05) is 58.2 Å². The summed E-state index contributed by atoms with van der Waals surface area (Å²) in [4.78, 5) is 9.28. The van der Waals surface area contributed by atoms with Crippen molar-refractivity contribution in [2.75, 3.05) is 26.2 Å². The van der Waals surface area contributed by atoms with Gasteiger partial charge in [0.25, 0.3) is 0 Å². The van der Waals surface area contributed by atoms with Gasteiger partial charge < -0.3 is 4.57 Å². The van der Waals surface area contributed by atoms with E-state index in [9.17, 15) is 0 Å². The van der Waals surface area contributed by atoms with E-state index in [2.05, 4.69) is 55.4 Å². The molecule has 4 heterocycles. The molecule has 1 atom stereocenters. The molecule has 4 rings (SSSR count). The van der Waals surface area contributed by atoms with Crippen molar-refractivity contribution < 1.29 is 0 Å². The van der Waals surface area contributed by atoms with Crippen LogP contribution in [0.25, 0.3) is 0 Å². The maximum Gasteiger partial charge on any atom is 0.0946 e. The quantitative estimate of drug-likeness (QED) is 0.736. The van der Waals surface area contributed by atoms with Gasteiger partial charge >= 0.3 is 0 Å². The largest absolute Gasteiger partial charge is 0.337 e. The number of aromatic nitrogens is 4. The molecule has 6 nitrogen and oxygen atoms in total. The number of nitrogens with zero attached hydrogens (tertiary/aromatic N) is 6. The second-order valence-corrected chi connectivity index (χ2v) is 8.01. The van der Waals surface area contributed by atoms with Gasteiger partial charge in [-0.1, -0.05) is 12.2 Å². The summed E-state index contributed by atoms with van der Waals surface area (Å²) in [6.45, 7) is 10.8. The zero-order valence-electron chi connectivity index (χ0n) is 16.5. The van der Waals surface area contributed by atoms with Crippen LogP contribution in [-0.2, 0) is 26.2 Å². The van der Waals surface area contributed by atoms with Crippen LogP contribution in [0.15, 0.2) is 36.9 Å². The number of piperidine rings is 1. The maximum absolute atomic E-state index is 4.94. The molecule has 0 bridgehead atoms. The van der Waals surface area contributed by atoms with Crippen LogP contribution >= 0.6 is 0 Å². The van der Waals surface area contributed by atoms with E-state index in [-0.39, 0.29) is 0 Å². The molecule has 27 heavy (non-hydrogen) atoms. The lowest BCUT2D eigenvalue weighted by Crippen LogP contribution is -2.36. The maximum atomic E-state index is 4.94. The van der Waals surface area contributed by atoms with Crippen molar-refractivity contribution >= 4 is 0 Å². The van der Waals surface area contributed by atoms with E-state index in [1.54, 1.807) is 0 Å². The van der Waals surface area contributed by atoms with Crippen LogP contribution in [0, 0.1) is 5.92 Å². The topological polar surface area (TPSA) is 42.1 Å². The van der Waals surface area contributed by atoms with Gasteiger partial charge in [-0.3, -0.25) is 14.5 Å². The number of hydrogen-bond donors (Lipinski definition) is 0. The first kappa shape index (κ1) is 18.4. The van der Waals surface area contributed by atoms with E-state index < -0.39 is 0 Å². The highest BCUT2D eigenvalue weighted by atomic mass is 15.3. The van der Waals surface area contributed by atoms with Crippen molar-refractivity contribution in [1.29, 1.82) is 0 Å². The van der Waals surface area contributed by atoms with Gasteiger partial charge in [-0.15, -0.1) is 0 Å². The fourth-order valence-corrected chi connectivity index (χ4v) is 4.44. The zero-order valence-corrected chi connectivity index (χ0v) is 16.5. The standard InChI is InChI=1S/C21H32N6/c1-2-3-8-24-10-5-11-27-21(17-24)13-20(23-27)16-25-9-4-6-19(14-25)15-26-12-7-22-18-26/h2-3,7,12-13,18-19H,4-6,8-11,14-17H2,1H3. The molecule has 0 aliphatic carbocycles. The molecular weight excluding hydrogens is 336 g/mol. The molecule has 1 fully saturated rings. The Balaban J connectivity index is 1.35. The van der Waals surface area contributed by atoms with E-state index in [1.807, 2.05) is 12.5 Å². The molecule has 2 aromatic heterocycles. The Labute approximate surface area is 162 Å². The van der Waals surface area contributed by atoms with Crippen LogP contribution < -0.4 is 0 Å². The average Bonchev–Trinajstić information content (AvgIpc) is 3.26. The van der Waals surface area contributed by atoms with Gasteiger partial charge in [0.1, 0.15) is 0 Å². The summed E-state index contributed by atoms with van der Waals surface area (Å²) in [5, 5.41) is 4.94. The van der Waals surface area contributed by atoms with Crippen molar-refractivity contribution in [3.63, 3.8) is 0 Å². The minimum absolute atomic E-state index is 0.713. The van der Waals surface area contributed by atoms with Gasteiger partial charge in [0.2, 0.25) is 0 Å². The minimum Gasteiger partial charge on any atom is -0.337 e. The van der Waals surface area contributed by atoms with Crippen LogP contribution in [0.4, 0.5) is 0 Å². The molecule has 0 amide bonds. The summed E-state index contributed by atoms with van der Waals surface area (Å²) in [7, 11) is 0. The fraction of sp³-hybridized carbons (Fsp3) is 0.619. The highest BCUT2D eigenvalue weighted by Crippen LogP contribution is 2.21. The van der Waals surface area contributed by atoms with Crippen molar-refractivity contribution in [1.82, 2.24) is 29.1 Å². The molecule has 1 saturated heterocycles. The minimum atomic E-state index is 0.713. The number of rotatable bonds is 6. The summed E-state index contributed by atoms with van der Waals surface area (Å²) >= 11 is 0. The lowest BCUT2D eigenvalue weighted by atomic mass is 9.98. The monoisotopic (exact) mass is 368 g/mol. The molecule has 0 spiro atoms. The van der Waals surface area contributed by atoms with Gasteiger partial charge in [0.15, 0.2) is 0 Å². The molecule has 6 heteroatoms. The SMILES string of the molecule is CC=CCN1CCCn2nc(CN3CCCC(Cn4ccnc4)C3)cc2C1. The molecule has 2 aromatic rings. The fourth-order valence-electron chi connectivity index (χ4n) is 4.44. The van der Waals surface area contributed by atoms with E-state index >= 15 is 0 Å². The molecule has 0 saturated carbocycles. The first-order valence-electron chi connectivity index (χ1n) is 10.4. The number of hydrogen-bond acceptors (Lipinski definition) is 4. The highest BCUT2D eigenvalue weighted by Gasteiger charge is 2.22. The number of allylic oxidation sites excluding steroid dienone is 1. The summed E-state index contributed by atoms with van der Waals surface area (Å²) in [6.07, 6.45) is 14.1. The molecule has 0 N–H and O–H groups in total. The Hall–Kier alpha value is -1.92. The van der Waals surface area contributed by atoms with Crippen molar-refractivity contribution in [2.45, 2.75) is 52.4 Å². The lowest BCUT2D eigenvalue weighted by molar-refractivity contribution is 0.154. The van der Waals surface area contributed by atoms with Crippen molar-refractivity contribution in [3.05, 3.63) is 48.3 Å². The molecule has 0 aromatic carbocycles. The molecule has 146 valence electrons. The number of fused-ring (bicyclic) bond motifs is 1. The predicted molar refractivity (Wildman–Crippen MR) is 107 cm³/mol. The van der Waals surface area contributed by atoms with Crippen LogP contribution in [0.1, 0.15) is 37.6 Å². The number of aryl methyl sites for hydroxylation is 1. The second kappa shape index (κ2) is 8.85. The Bertz CT molecular complexity index is 732. The molecular formula is C21H32N6. The summed E-state index contributed by atoms with van der Waals surface area (Å²) in [5.41, 5.74) is 2.61. The molecule has 2 aliphatic rings. The van der Waals surface area contributed by atoms with Crippen LogP contribution in [0.2, 0.25) is 0 Å². The lowest BCUT2D eigenvalue weighted by Gasteiger charge is -2.32. The van der Waals surface area contributed by atoms with Crippen LogP contribution in [-0.4, -0.2) is 55.3 Å². The van der Waals surface area contributed by atoms with E-state index in [1.165, 1.54) is 37.2 Å². The third kappa shape index (κ3) is 4.87. The zero-order chi connectivity index (χ0) is 18.5. The normalized spacial score (nSPS) is 22.2. The van der Waals surface area contributed by atoms with E-state index in [0.717, 1.165) is 45.8 Å². The van der Waals surface area contributed by atoms with Crippen LogP contribution in [0.5, 0.6) is 0 Å². The third-order valence-corrected chi connectivity index (χ3v) is 5.76. The Morgan fingerprint density at radius 1 is 1.19 bits per heavy atom. The van der Waals surface area contributed by atoms with Crippen LogP contribution in [0.3, 0.4) is 0 Å². The second-order valence-electron chi connectivity index (χ2n) is 8.01. The Morgan fingerprint density at radius 3 is 2.96 bits per heavy atom. The molecule has 2 aliphatic heterocycles. The van der Waals surface area contributed by atoms with E-state index in [0.29, 0.717) is 5.92 Å². The first-order valence-corrected chi connectivity index (χ1v) is 10.4. The number of imidazole rings is 1. The summed E-state index contributed by atoms with van der Waals surface area (Å²) < 4.78 is 4.46. The van der Waals surface area contributed by atoms with Gasteiger partial charge in [0.05, 0.1) is 17.7 Å². The highest BCUT2D eigenvalue weighted by molar-refractivity contribution is 5.12. The molecule has 0 radical (unpaired) electrons. The first-order chi connectivity index (χ1) is 13.3. The van der Waals surface area contributed by atoms with Crippen molar-refractivity contribution in [2.24, 2.45) is 5.92 Å². The van der Waals surface area contributed by atoms with Gasteiger partial charge in [-0.05, 0) is 44.7 Å². The average molecular weight is 369 g/mol. The smallest absolute Gasteiger partial charge is 0.0946 e.